The lowest BCUT2D eigenvalue weighted by Gasteiger charge is -2.10. The number of carbonyl (C=O) groups excluding carboxylic acids is 1. The molecule has 1 amide bonds. The van der Waals surface area contributed by atoms with E-state index < -0.39 is 0 Å². The number of carbonyl (C=O) groups is 1. The van der Waals surface area contributed by atoms with Gasteiger partial charge in [-0.25, -0.2) is 0 Å². The lowest BCUT2D eigenvalue weighted by molar-refractivity contribution is 0.0996. The number of nitrogens with one attached hydrogen (secondary N) is 1. The van der Waals surface area contributed by atoms with E-state index in [-0.39, 0.29) is 28.5 Å². The minimum atomic E-state index is -0.361. The van der Waals surface area contributed by atoms with Crippen molar-refractivity contribution in [1.29, 1.82) is 10.5 Å². The number of anilines is 1. The summed E-state index contributed by atoms with van der Waals surface area (Å²) in [7, 11) is 0. The predicted octanol–water partition coefficient (Wildman–Crippen LogP) is 4.07. The van der Waals surface area contributed by atoms with Gasteiger partial charge in [-0.2, -0.15) is 10.5 Å². The molecule has 6 nitrogen and oxygen atoms in total. The van der Waals surface area contributed by atoms with Crippen LogP contribution in [-0.4, -0.2) is 5.91 Å². The predicted molar refractivity (Wildman–Crippen MR) is 89.0 cm³/mol. The minimum Gasteiger partial charge on any atom is -0.459 e. The van der Waals surface area contributed by atoms with Crippen molar-refractivity contribution in [2.45, 2.75) is 0 Å². The number of nitriles is 2. The van der Waals surface area contributed by atoms with Gasteiger partial charge in [-0.3, -0.25) is 4.79 Å². The molecule has 0 atom stereocenters. The van der Waals surface area contributed by atoms with Gasteiger partial charge in [-0.05, 0) is 48.5 Å². The molecule has 0 saturated carbocycles. The fourth-order valence-corrected chi connectivity index (χ4v) is 2.15. The average Bonchev–Trinajstić information content (AvgIpc) is 3.18. The maximum absolute atomic E-state index is 11.9. The van der Waals surface area contributed by atoms with Crippen molar-refractivity contribution < 1.29 is 13.9 Å². The Labute approximate surface area is 143 Å². The molecule has 0 aliphatic carbocycles. The SMILES string of the molecule is N#Cc1cccc(C#N)c1Oc1ccc(NC(=O)c2ccco2)cc1. The van der Waals surface area contributed by atoms with E-state index in [0.717, 1.165) is 0 Å². The number of hydrogen-bond acceptors (Lipinski definition) is 5. The van der Waals surface area contributed by atoms with E-state index in [2.05, 4.69) is 5.32 Å². The van der Waals surface area contributed by atoms with Crippen LogP contribution in [0.3, 0.4) is 0 Å². The molecule has 1 N–H and O–H groups in total. The zero-order valence-corrected chi connectivity index (χ0v) is 12.9. The molecule has 1 heterocycles. The second-order valence-corrected chi connectivity index (χ2v) is 4.96. The van der Waals surface area contributed by atoms with Crippen LogP contribution in [0, 0.1) is 22.7 Å². The molecule has 0 bridgehead atoms. The molecule has 3 aromatic rings. The Balaban J connectivity index is 1.77. The molecule has 0 unspecified atom stereocenters. The highest BCUT2D eigenvalue weighted by Crippen LogP contribution is 2.29. The quantitative estimate of drug-likeness (QED) is 0.778. The normalized spacial score (nSPS) is 9.68. The van der Waals surface area contributed by atoms with Gasteiger partial charge in [-0.1, -0.05) is 6.07 Å². The number of furan rings is 1. The number of amides is 1. The third-order valence-corrected chi connectivity index (χ3v) is 3.33. The van der Waals surface area contributed by atoms with Gasteiger partial charge in [0.15, 0.2) is 11.5 Å². The highest BCUT2D eigenvalue weighted by atomic mass is 16.5. The molecule has 120 valence electrons. The third kappa shape index (κ3) is 3.49. The van der Waals surface area contributed by atoms with Gasteiger partial charge >= 0.3 is 0 Å². The van der Waals surface area contributed by atoms with Crippen molar-refractivity contribution >= 4 is 11.6 Å². The van der Waals surface area contributed by atoms with Crippen LogP contribution in [-0.2, 0) is 0 Å². The minimum absolute atomic E-state index is 0.208. The van der Waals surface area contributed by atoms with Gasteiger partial charge in [-0.15, -0.1) is 0 Å². The second kappa shape index (κ2) is 7.03. The monoisotopic (exact) mass is 329 g/mol. The van der Waals surface area contributed by atoms with Crippen molar-refractivity contribution in [2.24, 2.45) is 0 Å². The average molecular weight is 329 g/mol. The third-order valence-electron chi connectivity index (χ3n) is 3.33. The Hall–Kier alpha value is -4.03. The number of hydrogen-bond donors (Lipinski definition) is 1. The summed E-state index contributed by atoms with van der Waals surface area (Å²) in [6, 6.07) is 18.5. The van der Waals surface area contributed by atoms with Crippen LogP contribution in [0.25, 0.3) is 0 Å². The van der Waals surface area contributed by atoms with Crippen molar-refractivity contribution in [1.82, 2.24) is 0 Å². The van der Waals surface area contributed by atoms with E-state index in [9.17, 15) is 4.79 Å². The summed E-state index contributed by atoms with van der Waals surface area (Å²) in [6.45, 7) is 0. The highest BCUT2D eigenvalue weighted by Gasteiger charge is 2.12. The molecular formula is C19H11N3O3. The fraction of sp³-hybridized carbons (Fsp3) is 0. The maximum atomic E-state index is 11.9. The second-order valence-electron chi connectivity index (χ2n) is 4.96. The number of nitrogens with zero attached hydrogens (tertiary/aromatic N) is 2. The van der Waals surface area contributed by atoms with Crippen LogP contribution < -0.4 is 10.1 Å². The van der Waals surface area contributed by atoms with Gasteiger partial charge < -0.3 is 14.5 Å². The van der Waals surface area contributed by atoms with Crippen LogP contribution in [0.2, 0.25) is 0 Å². The molecule has 1 aromatic heterocycles. The van der Waals surface area contributed by atoms with E-state index >= 15 is 0 Å². The number of rotatable bonds is 4. The molecule has 3 rings (SSSR count). The first-order valence-corrected chi connectivity index (χ1v) is 7.27. The zero-order valence-electron chi connectivity index (χ0n) is 12.9. The van der Waals surface area contributed by atoms with Crippen LogP contribution in [0.1, 0.15) is 21.7 Å². The summed E-state index contributed by atoms with van der Waals surface area (Å²) < 4.78 is 10.7. The molecule has 0 spiro atoms. The molecular weight excluding hydrogens is 318 g/mol. The summed E-state index contributed by atoms with van der Waals surface area (Å²) in [5.41, 5.74) is 1.10. The Bertz CT molecular complexity index is 946. The highest BCUT2D eigenvalue weighted by molar-refractivity contribution is 6.02. The van der Waals surface area contributed by atoms with Gasteiger partial charge in [0.25, 0.3) is 5.91 Å². The van der Waals surface area contributed by atoms with Crippen molar-refractivity contribution in [3.8, 4) is 23.6 Å². The summed E-state index contributed by atoms with van der Waals surface area (Å²) >= 11 is 0. The van der Waals surface area contributed by atoms with Crippen LogP contribution in [0.15, 0.2) is 65.3 Å². The van der Waals surface area contributed by atoms with Crippen molar-refractivity contribution in [3.05, 3.63) is 77.7 Å². The Kier molecular flexibility index (Phi) is 4.46. The van der Waals surface area contributed by atoms with Crippen molar-refractivity contribution in [3.63, 3.8) is 0 Å². The van der Waals surface area contributed by atoms with E-state index in [1.165, 1.54) is 6.26 Å². The molecule has 6 heteroatoms. The molecule has 2 aromatic carbocycles. The molecule has 0 saturated heterocycles. The van der Waals surface area contributed by atoms with Crippen LogP contribution in [0.4, 0.5) is 5.69 Å². The molecule has 0 fully saturated rings. The number of ether oxygens (including phenoxy) is 1. The fourth-order valence-electron chi connectivity index (χ4n) is 2.15. The molecule has 0 aliphatic heterocycles. The van der Waals surface area contributed by atoms with Crippen LogP contribution in [0.5, 0.6) is 11.5 Å². The maximum Gasteiger partial charge on any atom is 0.291 e. The first kappa shape index (κ1) is 15.9. The Morgan fingerprint density at radius 2 is 1.64 bits per heavy atom. The number of benzene rings is 2. The lowest BCUT2D eigenvalue weighted by atomic mass is 10.1. The van der Waals surface area contributed by atoms with Crippen LogP contribution >= 0.6 is 0 Å². The van der Waals surface area contributed by atoms with E-state index in [1.807, 2.05) is 12.1 Å². The smallest absolute Gasteiger partial charge is 0.291 e. The van der Waals surface area contributed by atoms with Crippen molar-refractivity contribution in [2.75, 3.05) is 5.32 Å². The molecule has 25 heavy (non-hydrogen) atoms. The van der Waals surface area contributed by atoms with Gasteiger partial charge in [0.2, 0.25) is 0 Å². The summed E-state index contributed by atoms with van der Waals surface area (Å²) in [5, 5.41) is 21.0. The van der Waals surface area contributed by atoms with E-state index in [1.54, 1.807) is 54.6 Å². The topological polar surface area (TPSA) is 99.0 Å². The van der Waals surface area contributed by atoms with E-state index in [0.29, 0.717) is 11.4 Å². The Morgan fingerprint density at radius 3 is 2.20 bits per heavy atom. The largest absolute Gasteiger partial charge is 0.459 e. The summed E-state index contributed by atoms with van der Waals surface area (Å²) in [5.74, 6) is 0.497. The lowest BCUT2D eigenvalue weighted by Crippen LogP contribution is -2.10. The summed E-state index contributed by atoms with van der Waals surface area (Å²) in [4.78, 5) is 11.9. The molecule has 0 aliphatic rings. The van der Waals surface area contributed by atoms with E-state index in [4.69, 9.17) is 19.7 Å². The first-order chi connectivity index (χ1) is 12.2. The number of para-hydroxylation sites is 1. The van der Waals surface area contributed by atoms with Gasteiger partial charge in [0.1, 0.15) is 17.9 Å². The standard InChI is InChI=1S/C19H11N3O3/c20-11-13-3-1-4-14(12-21)18(13)25-16-8-6-15(7-9-16)22-19(23)17-5-2-10-24-17/h1-10H,(H,22,23). The molecule has 0 radical (unpaired) electrons. The van der Waals surface area contributed by atoms with Gasteiger partial charge in [0, 0.05) is 5.69 Å². The van der Waals surface area contributed by atoms with Gasteiger partial charge in [0.05, 0.1) is 17.4 Å². The zero-order chi connectivity index (χ0) is 17.6. The Morgan fingerprint density at radius 1 is 0.960 bits per heavy atom. The first-order valence-electron chi connectivity index (χ1n) is 7.27. The summed E-state index contributed by atoms with van der Waals surface area (Å²) in [6.07, 6.45) is 1.42.